The topological polar surface area (TPSA) is 23.8 Å². The predicted molar refractivity (Wildman–Crippen MR) is 75.0 cm³/mol. The minimum absolute atomic E-state index is 0.323. The number of aryl methyl sites for hydroxylation is 1. The first-order chi connectivity index (χ1) is 9.19. The summed E-state index contributed by atoms with van der Waals surface area (Å²) in [4.78, 5) is 0.323. The molecule has 0 amide bonds. The molecule has 0 heterocycles. The highest BCUT2D eigenvalue weighted by atomic mass is 32.2. The highest BCUT2D eigenvalue weighted by Crippen LogP contribution is 2.21. The standard InChI is InChI=1S/C16H10FNS/c1-12-2-4-13(5-3-12)6-7-14-8-9-16(19-11-18)15(17)10-14/h2-5,8-10H,1H3. The Kier molecular flexibility index (Phi) is 4.23. The van der Waals surface area contributed by atoms with Gasteiger partial charge in [-0.1, -0.05) is 29.5 Å². The van der Waals surface area contributed by atoms with Crippen LogP contribution in [0.15, 0.2) is 47.4 Å². The van der Waals surface area contributed by atoms with Crippen molar-refractivity contribution in [3.63, 3.8) is 0 Å². The lowest BCUT2D eigenvalue weighted by atomic mass is 10.1. The summed E-state index contributed by atoms with van der Waals surface area (Å²) in [7, 11) is 0. The second-order valence-corrected chi connectivity index (χ2v) is 4.78. The summed E-state index contributed by atoms with van der Waals surface area (Å²) >= 11 is 0.809. The zero-order valence-corrected chi connectivity index (χ0v) is 11.1. The summed E-state index contributed by atoms with van der Waals surface area (Å²) in [5.41, 5.74) is 2.66. The SMILES string of the molecule is Cc1ccc(C#Cc2ccc(SC#N)c(F)c2)cc1. The third-order valence-corrected chi connectivity index (χ3v) is 3.13. The average molecular weight is 267 g/mol. The molecule has 92 valence electrons. The van der Waals surface area contributed by atoms with E-state index in [1.165, 1.54) is 11.6 Å². The van der Waals surface area contributed by atoms with E-state index in [0.717, 1.165) is 17.3 Å². The van der Waals surface area contributed by atoms with Crippen molar-refractivity contribution in [3.05, 3.63) is 65.0 Å². The van der Waals surface area contributed by atoms with Gasteiger partial charge in [0.15, 0.2) is 0 Å². The second-order valence-electron chi connectivity index (χ2n) is 3.95. The molecule has 1 nitrogen and oxygen atoms in total. The number of nitriles is 1. The molecule has 0 unspecified atom stereocenters. The third-order valence-electron chi connectivity index (χ3n) is 2.49. The summed E-state index contributed by atoms with van der Waals surface area (Å²) in [5.74, 6) is 5.47. The van der Waals surface area contributed by atoms with Gasteiger partial charge in [0.25, 0.3) is 0 Å². The van der Waals surface area contributed by atoms with Crippen LogP contribution in [0.3, 0.4) is 0 Å². The van der Waals surface area contributed by atoms with Gasteiger partial charge in [-0.15, -0.1) is 0 Å². The van der Waals surface area contributed by atoms with Crippen LogP contribution < -0.4 is 0 Å². The molecule has 3 heteroatoms. The van der Waals surface area contributed by atoms with Crippen molar-refractivity contribution in [2.45, 2.75) is 11.8 Å². The molecule has 0 N–H and O–H groups in total. The zero-order chi connectivity index (χ0) is 13.7. The molecule has 2 aromatic rings. The van der Waals surface area contributed by atoms with Crippen LogP contribution in [0.4, 0.5) is 4.39 Å². The second kappa shape index (κ2) is 6.09. The fourth-order valence-corrected chi connectivity index (χ4v) is 1.88. The molecular formula is C16H10FNS. The first-order valence-electron chi connectivity index (χ1n) is 5.63. The van der Waals surface area contributed by atoms with Crippen molar-refractivity contribution in [1.29, 1.82) is 5.26 Å². The lowest BCUT2D eigenvalue weighted by Crippen LogP contribution is -1.83. The van der Waals surface area contributed by atoms with Gasteiger partial charge in [-0.25, -0.2) is 4.39 Å². The first-order valence-corrected chi connectivity index (χ1v) is 6.45. The van der Waals surface area contributed by atoms with Gasteiger partial charge < -0.3 is 0 Å². The van der Waals surface area contributed by atoms with Gasteiger partial charge in [0.05, 0.1) is 4.90 Å². The van der Waals surface area contributed by atoms with Crippen LogP contribution in [0.1, 0.15) is 16.7 Å². The highest BCUT2D eigenvalue weighted by Gasteiger charge is 2.02. The van der Waals surface area contributed by atoms with E-state index in [-0.39, 0.29) is 0 Å². The molecule has 0 spiro atoms. The molecule has 0 bridgehead atoms. The van der Waals surface area contributed by atoms with E-state index in [9.17, 15) is 4.39 Å². The third kappa shape index (κ3) is 3.61. The number of halogens is 1. The van der Waals surface area contributed by atoms with E-state index >= 15 is 0 Å². The Morgan fingerprint density at radius 1 is 1.00 bits per heavy atom. The minimum Gasteiger partial charge on any atom is -0.206 e. The molecule has 2 aromatic carbocycles. The van der Waals surface area contributed by atoms with E-state index in [2.05, 4.69) is 11.8 Å². The van der Waals surface area contributed by atoms with E-state index < -0.39 is 5.82 Å². The average Bonchev–Trinajstić information content (AvgIpc) is 2.41. The van der Waals surface area contributed by atoms with Crippen molar-refractivity contribution in [2.75, 3.05) is 0 Å². The van der Waals surface area contributed by atoms with E-state index in [1.807, 2.05) is 36.6 Å². The predicted octanol–water partition coefficient (Wildman–Crippen LogP) is 4.11. The van der Waals surface area contributed by atoms with Crippen molar-refractivity contribution in [1.82, 2.24) is 0 Å². The van der Waals surface area contributed by atoms with Crippen molar-refractivity contribution in [2.24, 2.45) is 0 Å². The summed E-state index contributed by atoms with van der Waals surface area (Å²) in [5, 5.41) is 10.4. The summed E-state index contributed by atoms with van der Waals surface area (Å²) in [6, 6.07) is 12.5. The van der Waals surface area contributed by atoms with E-state index in [0.29, 0.717) is 10.5 Å². The lowest BCUT2D eigenvalue weighted by Gasteiger charge is -1.97. The molecular weight excluding hydrogens is 257 g/mol. The summed E-state index contributed by atoms with van der Waals surface area (Å²) < 4.78 is 13.6. The Morgan fingerprint density at radius 2 is 1.63 bits per heavy atom. The molecule has 0 saturated carbocycles. The number of hydrogen-bond donors (Lipinski definition) is 0. The lowest BCUT2D eigenvalue weighted by molar-refractivity contribution is 0.602. The van der Waals surface area contributed by atoms with E-state index in [4.69, 9.17) is 5.26 Å². The van der Waals surface area contributed by atoms with Crippen LogP contribution >= 0.6 is 11.8 Å². The number of thiocyanates is 1. The van der Waals surface area contributed by atoms with Gasteiger partial charge in [0, 0.05) is 11.1 Å². The Bertz CT molecular complexity index is 687. The van der Waals surface area contributed by atoms with Gasteiger partial charge in [-0.3, -0.25) is 0 Å². The van der Waals surface area contributed by atoms with Crippen molar-refractivity contribution in [3.8, 4) is 17.2 Å². The smallest absolute Gasteiger partial charge is 0.139 e. The molecule has 19 heavy (non-hydrogen) atoms. The number of hydrogen-bond acceptors (Lipinski definition) is 2. The molecule has 0 aromatic heterocycles. The normalized spacial score (nSPS) is 9.32. The molecule has 0 aliphatic carbocycles. The molecule has 0 aliphatic heterocycles. The van der Waals surface area contributed by atoms with Crippen molar-refractivity contribution < 1.29 is 4.39 Å². The van der Waals surface area contributed by atoms with Gasteiger partial charge in [0.2, 0.25) is 0 Å². The van der Waals surface area contributed by atoms with Gasteiger partial charge in [-0.2, -0.15) is 5.26 Å². The maximum atomic E-state index is 13.6. The number of thioether (sulfide) groups is 1. The summed E-state index contributed by atoms with van der Waals surface area (Å²) in [6.45, 7) is 2.01. The van der Waals surface area contributed by atoms with E-state index in [1.54, 1.807) is 12.1 Å². The first kappa shape index (κ1) is 13.2. The van der Waals surface area contributed by atoms with Gasteiger partial charge >= 0.3 is 0 Å². The number of benzene rings is 2. The minimum atomic E-state index is -0.415. The molecule has 2 rings (SSSR count). The Hall–Kier alpha value is -2.23. The summed E-state index contributed by atoms with van der Waals surface area (Å²) in [6.07, 6.45) is 0. The van der Waals surface area contributed by atoms with Crippen LogP contribution in [0.5, 0.6) is 0 Å². The maximum absolute atomic E-state index is 13.6. The molecule has 0 atom stereocenters. The Labute approximate surface area is 116 Å². The fraction of sp³-hybridized carbons (Fsp3) is 0.0625. The van der Waals surface area contributed by atoms with Crippen LogP contribution in [-0.4, -0.2) is 0 Å². The van der Waals surface area contributed by atoms with Crippen LogP contribution in [0, 0.1) is 35.2 Å². The highest BCUT2D eigenvalue weighted by molar-refractivity contribution is 8.03. The van der Waals surface area contributed by atoms with Crippen LogP contribution in [-0.2, 0) is 0 Å². The quantitative estimate of drug-likeness (QED) is 0.441. The molecule has 0 radical (unpaired) electrons. The largest absolute Gasteiger partial charge is 0.206 e. The monoisotopic (exact) mass is 267 g/mol. The fourth-order valence-electron chi connectivity index (χ4n) is 1.49. The zero-order valence-electron chi connectivity index (χ0n) is 10.3. The number of rotatable bonds is 1. The Balaban J connectivity index is 2.23. The van der Waals surface area contributed by atoms with Crippen LogP contribution in [0.2, 0.25) is 0 Å². The molecule has 0 fully saturated rings. The van der Waals surface area contributed by atoms with Gasteiger partial charge in [0.1, 0.15) is 11.2 Å². The van der Waals surface area contributed by atoms with Gasteiger partial charge in [-0.05, 0) is 49.0 Å². The van der Waals surface area contributed by atoms with Crippen LogP contribution in [0.25, 0.3) is 0 Å². The maximum Gasteiger partial charge on any atom is 0.139 e. The Morgan fingerprint density at radius 3 is 2.26 bits per heavy atom. The molecule has 0 saturated heterocycles. The van der Waals surface area contributed by atoms with Crippen molar-refractivity contribution >= 4 is 11.8 Å². The number of nitrogens with zero attached hydrogens (tertiary/aromatic N) is 1. The molecule has 0 aliphatic rings.